The average molecular weight is 478 g/mol. The fourth-order valence-corrected chi connectivity index (χ4v) is 3.85. The summed E-state index contributed by atoms with van der Waals surface area (Å²) >= 11 is 1.44. The molecule has 0 aliphatic heterocycles. The SMILES string of the molecule is CC(=CC(=O)O)CCCN(C)c1ncc(-c2cccc(Nc3cc(C(F)(F)F)ccn3)n2)s1. The molecule has 0 fully saturated rings. The summed E-state index contributed by atoms with van der Waals surface area (Å²) in [6.45, 7) is 2.49. The lowest BCUT2D eigenvalue weighted by atomic mass is 10.1. The van der Waals surface area contributed by atoms with Gasteiger partial charge >= 0.3 is 12.1 Å². The second kappa shape index (κ2) is 10.4. The summed E-state index contributed by atoms with van der Waals surface area (Å²) in [7, 11) is 1.91. The van der Waals surface area contributed by atoms with Crippen molar-refractivity contribution >= 4 is 34.1 Å². The number of anilines is 3. The number of aliphatic carboxylic acids is 1. The van der Waals surface area contributed by atoms with E-state index >= 15 is 0 Å². The second-order valence-corrected chi connectivity index (χ2v) is 8.33. The van der Waals surface area contributed by atoms with Gasteiger partial charge in [0.05, 0.1) is 16.1 Å². The fraction of sp³-hybridized carbons (Fsp3) is 0.273. The molecule has 0 bridgehead atoms. The predicted molar refractivity (Wildman–Crippen MR) is 122 cm³/mol. The number of aromatic nitrogens is 3. The van der Waals surface area contributed by atoms with E-state index in [1.165, 1.54) is 17.4 Å². The van der Waals surface area contributed by atoms with Gasteiger partial charge in [-0.15, -0.1) is 0 Å². The quantitative estimate of drug-likeness (QED) is 0.387. The number of carbonyl (C=O) groups is 1. The second-order valence-electron chi connectivity index (χ2n) is 7.32. The number of carboxylic acid groups (broad SMARTS) is 1. The van der Waals surface area contributed by atoms with Crippen molar-refractivity contribution in [2.24, 2.45) is 0 Å². The number of nitrogens with zero attached hydrogens (tertiary/aromatic N) is 4. The largest absolute Gasteiger partial charge is 0.478 e. The van der Waals surface area contributed by atoms with Crippen LogP contribution in [-0.4, -0.2) is 39.6 Å². The van der Waals surface area contributed by atoms with Gasteiger partial charge < -0.3 is 15.3 Å². The average Bonchev–Trinajstić information content (AvgIpc) is 3.23. The third-order valence-corrected chi connectivity index (χ3v) is 5.73. The van der Waals surface area contributed by atoms with Crippen LogP contribution in [0.25, 0.3) is 10.6 Å². The van der Waals surface area contributed by atoms with Gasteiger partial charge in [-0.05, 0) is 44.0 Å². The van der Waals surface area contributed by atoms with Gasteiger partial charge in [-0.2, -0.15) is 13.2 Å². The van der Waals surface area contributed by atoms with Crippen molar-refractivity contribution in [3.8, 4) is 10.6 Å². The highest BCUT2D eigenvalue weighted by Gasteiger charge is 2.30. The summed E-state index contributed by atoms with van der Waals surface area (Å²) in [4.78, 5) is 26.3. The molecule has 0 aliphatic carbocycles. The molecule has 7 nitrogen and oxygen atoms in total. The summed E-state index contributed by atoms with van der Waals surface area (Å²) in [5.74, 6) is -0.534. The molecule has 0 saturated heterocycles. The van der Waals surface area contributed by atoms with E-state index < -0.39 is 17.7 Å². The van der Waals surface area contributed by atoms with Crippen LogP contribution in [-0.2, 0) is 11.0 Å². The Morgan fingerprint density at radius 2 is 2.03 bits per heavy atom. The normalized spacial score (nSPS) is 12.0. The first-order valence-electron chi connectivity index (χ1n) is 9.96. The van der Waals surface area contributed by atoms with Crippen LogP contribution in [0.1, 0.15) is 25.3 Å². The Morgan fingerprint density at radius 1 is 1.24 bits per heavy atom. The number of halogens is 3. The monoisotopic (exact) mass is 477 g/mol. The smallest absolute Gasteiger partial charge is 0.416 e. The van der Waals surface area contributed by atoms with Crippen LogP contribution < -0.4 is 10.2 Å². The molecule has 0 atom stereocenters. The van der Waals surface area contributed by atoms with Crippen molar-refractivity contribution < 1.29 is 23.1 Å². The van der Waals surface area contributed by atoms with E-state index in [9.17, 15) is 18.0 Å². The third-order valence-electron chi connectivity index (χ3n) is 4.60. The Balaban J connectivity index is 1.66. The number of hydrogen-bond donors (Lipinski definition) is 2. The van der Waals surface area contributed by atoms with Crippen LogP contribution in [0, 0.1) is 0 Å². The maximum atomic E-state index is 12.9. The highest BCUT2D eigenvalue weighted by molar-refractivity contribution is 7.18. The van der Waals surface area contributed by atoms with Crippen molar-refractivity contribution in [2.45, 2.75) is 25.9 Å². The molecule has 0 amide bonds. The zero-order valence-corrected chi connectivity index (χ0v) is 18.7. The van der Waals surface area contributed by atoms with E-state index in [1.807, 2.05) is 11.9 Å². The van der Waals surface area contributed by atoms with Gasteiger partial charge in [-0.25, -0.2) is 19.7 Å². The summed E-state index contributed by atoms with van der Waals surface area (Å²) in [6, 6.07) is 7.03. The molecule has 0 saturated carbocycles. The van der Waals surface area contributed by atoms with Gasteiger partial charge in [-0.1, -0.05) is 23.0 Å². The van der Waals surface area contributed by atoms with Gasteiger partial charge in [0, 0.05) is 32.1 Å². The van der Waals surface area contributed by atoms with Crippen LogP contribution in [0.4, 0.5) is 29.9 Å². The van der Waals surface area contributed by atoms with Gasteiger partial charge in [0.1, 0.15) is 11.6 Å². The maximum absolute atomic E-state index is 12.9. The van der Waals surface area contributed by atoms with E-state index in [1.54, 1.807) is 31.3 Å². The molecule has 3 aromatic heterocycles. The van der Waals surface area contributed by atoms with Gasteiger partial charge in [0.15, 0.2) is 5.13 Å². The molecule has 2 N–H and O–H groups in total. The molecule has 3 rings (SSSR count). The fourth-order valence-electron chi connectivity index (χ4n) is 2.98. The Hall–Kier alpha value is -3.47. The number of nitrogens with one attached hydrogen (secondary N) is 1. The first-order valence-corrected chi connectivity index (χ1v) is 10.8. The van der Waals surface area contributed by atoms with Crippen LogP contribution in [0.5, 0.6) is 0 Å². The number of carboxylic acids is 1. The van der Waals surface area contributed by atoms with Gasteiger partial charge in [0.25, 0.3) is 0 Å². The molecule has 3 aromatic rings. The van der Waals surface area contributed by atoms with Gasteiger partial charge in [-0.3, -0.25) is 0 Å². The number of pyridine rings is 2. The van der Waals surface area contributed by atoms with Crippen molar-refractivity contribution in [3.63, 3.8) is 0 Å². The lowest BCUT2D eigenvalue weighted by Crippen LogP contribution is -2.18. The lowest BCUT2D eigenvalue weighted by molar-refractivity contribution is -0.137. The first kappa shape index (κ1) is 24.2. The molecular formula is C22H22F3N5O2S. The van der Waals surface area contributed by atoms with E-state index in [4.69, 9.17) is 5.11 Å². The van der Waals surface area contributed by atoms with E-state index in [0.29, 0.717) is 24.5 Å². The van der Waals surface area contributed by atoms with Crippen LogP contribution >= 0.6 is 11.3 Å². The minimum atomic E-state index is -4.45. The van der Waals surface area contributed by atoms with Crippen molar-refractivity contribution in [1.82, 2.24) is 15.0 Å². The Bertz CT molecular complexity index is 1150. The Kier molecular flexibility index (Phi) is 7.64. The minimum Gasteiger partial charge on any atom is -0.478 e. The summed E-state index contributed by atoms with van der Waals surface area (Å²) in [5, 5.41) is 12.4. The van der Waals surface area contributed by atoms with Gasteiger partial charge in [0.2, 0.25) is 0 Å². The maximum Gasteiger partial charge on any atom is 0.416 e. The predicted octanol–water partition coefficient (Wildman–Crippen LogP) is 5.61. The number of hydrogen-bond acceptors (Lipinski definition) is 7. The Labute approximate surface area is 192 Å². The van der Waals surface area contributed by atoms with Crippen LogP contribution in [0.3, 0.4) is 0 Å². The first-order chi connectivity index (χ1) is 15.6. The molecule has 3 heterocycles. The number of alkyl halides is 3. The molecule has 33 heavy (non-hydrogen) atoms. The molecule has 0 radical (unpaired) electrons. The third kappa shape index (κ3) is 7.01. The summed E-state index contributed by atoms with van der Waals surface area (Å²) in [6.07, 6.45) is 1.00. The molecule has 0 aromatic carbocycles. The van der Waals surface area contributed by atoms with E-state index in [0.717, 1.165) is 40.3 Å². The van der Waals surface area contributed by atoms with Crippen LogP contribution in [0.15, 0.2) is 54.4 Å². The zero-order valence-electron chi connectivity index (χ0n) is 17.9. The van der Waals surface area contributed by atoms with Crippen molar-refractivity contribution in [2.75, 3.05) is 23.8 Å². The minimum absolute atomic E-state index is 0.0476. The molecule has 11 heteroatoms. The topological polar surface area (TPSA) is 91.2 Å². The van der Waals surface area contributed by atoms with E-state index in [-0.39, 0.29) is 5.82 Å². The van der Waals surface area contributed by atoms with Crippen LogP contribution in [0.2, 0.25) is 0 Å². The number of allylic oxidation sites excluding steroid dienone is 1. The van der Waals surface area contributed by atoms with Crippen molar-refractivity contribution in [1.29, 1.82) is 0 Å². The highest BCUT2D eigenvalue weighted by atomic mass is 32.1. The molecule has 174 valence electrons. The van der Waals surface area contributed by atoms with E-state index in [2.05, 4.69) is 20.3 Å². The summed E-state index contributed by atoms with van der Waals surface area (Å²) in [5.41, 5.74) is 0.642. The Morgan fingerprint density at radius 3 is 2.76 bits per heavy atom. The number of thiazole rings is 1. The molecule has 0 spiro atoms. The highest BCUT2D eigenvalue weighted by Crippen LogP contribution is 2.32. The molecular weight excluding hydrogens is 455 g/mol. The van der Waals surface area contributed by atoms with Crippen molar-refractivity contribution in [3.05, 3.63) is 59.9 Å². The molecule has 0 aliphatic rings. The lowest BCUT2D eigenvalue weighted by Gasteiger charge is -2.15. The zero-order chi connectivity index (χ0) is 24.0. The molecule has 0 unspecified atom stereocenters. The summed E-state index contributed by atoms with van der Waals surface area (Å²) < 4.78 is 38.8. The number of rotatable bonds is 9. The standard InChI is InChI=1S/C22H22F3N5O2S/c1-14(11-20(31)32)5-4-10-30(2)21-27-13-17(33-21)16-6-3-7-18(28-16)29-19-12-15(8-9-26-19)22(23,24)25/h3,6-9,11-13H,4-5,10H2,1-2H3,(H,31,32)(H,26,28,29).